The first kappa shape index (κ1) is 18.5. The van der Waals surface area contributed by atoms with Crippen LogP contribution in [0.5, 0.6) is 17.2 Å². The third-order valence-corrected chi connectivity index (χ3v) is 5.85. The quantitative estimate of drug-likeness (QED) is 0.532. The van der Waals surface area contributed by atoms with Crippen molar-refractivity contribution in [3.63, 3.8) is 0 Å². The summed E-state index contributed by atoms with van der Waals surface area (Å²) in [5, 5.41) is 10.5. The first-order valence-electron chi connectivity index (χ1n) is 10.1. The zero-order valence-corrected chi connectivity index (χ0v) is 16.8. The van der Waals surface area contributed by atoms with Gasteiger partial charge in [0.25, 0.3) is 5.91 Å². The van der Waals surface area contributed by atoms with Gasteiger partial charge >= 0.3 is 0 Å². The second kappa shape index (κ2) is 6.88. The molecule has 7 nitrogen and oxygen atoms in total. The topological polar surface area (TPSA) is 89.2 Å². The van der Waals surface area contributed by atoms with E-state index in [0.29, 0.717) is 28.0 Å². The first-order chi connectivity index (χ1) is 15.6. The van der Waals surface area contributed by atoms with Gasteiger partial charge in [0, 0.05) is 6.54 Å². The molecule has 0 saturated carbocycles. The summed E-state index contributed by atoms with van der Waals surface area (Å²) in [6, 6.07) is 18.2. The van der Waals surface area contributed by atoms with Crippen LogP contribution in [0, 0.1) is 0 Å². The molecule has 6 rings (SSSR count). The third-order valence-electron chi connectivity index (χ3n) is 5.85. The summed E-state index contributed by atoms with van der Waals surface area (Å²) in [7, 11) is 0. The van der Waals surface area contributed by atoms with Crippen LogP contribution in [0.4, 0.5) is 0 Å². The lowest BCUT2D eigenvalue weighted by Gasteiger charge is -2.25. The second-order valence-corrected chi connectivity index (χ2v) is 7.79. The average molecular weight is 427 g/mol. The Labute approximate surface area is 182 Å². The molecule has 4 aromatic rings. The molecule has 1 amide bonds. The van der Waals surface area contributed by atoms with E-state index in [9.17, 15) is 14.7 Å². The number of phenolic OH excluding ortho intramolecular Hbond substituents is 1. The van der Waals surface area contributed by atoms with E-state index in [1.807, 2.05) is 12.1 Å². The van der Waals surface area contributed by atoms with E-state index in [4.69, 9.17) is 13.9 Å². The Balaban J connectivity index is 1.52. The number of hydrogen-bond acceptors (Lipinski definition) is 6. The molecule has 3 aromatic carbocycles. The van der Waals surface area contributed by atoms with E-state index in [-0.39, 0.29) is 41.7 Å². The van der Waals surface area contributed by atoms with Crippen LogP contribution >= 0.6 is 0 Å². The Morgan fingerprint density at radius 3 is 2.66 bits per heavy atom. The van der Waals surface area contributed by atoms with Gasteiger partial charge in [0.2, 0.25) is 12.6 Å². The Morgan fingerprint density at radius 1 is 0.938 bits per heavy atom. The summed E-state index contributed by atoms with van der Waals surface area (Å²) in [6.07, 6.45) is 0. The zero-order chi connectivity index (χ0) is 21.8. The van der Waals surface area contributed by atoms with Crippen molar-refractivity contribution in [3.05, 3.63) is 99.4 Å². The third kappa shape index (κ3) is 2.75. The van der Waals surface area contributed by atoms with E-state index in [2.05, 4.69) is 0 Å². The highest BCUT2D eigenvalue weighted by Crippen LogP contribution is 2.41. The van der Waals surface area contributed by atoms with Gasteiger partial charge in [-0.05, 0) is 47.5 Å². The fourth-order valence-corrected chi connectivity index (χ4v) is 4.41. The van der Waals surface area contributed by atoms with Gasteiger partial charge in [0.1, 0.15) is 11.3 Å². The summed E-state index contributed by atoms with van der Waals surface area (Å²) in [5.74, 6) is 0.964. The number of amides is 1. The molecule has 7 heteroatoms. The minimum absolute atomic E-state index is 0.0304. The lowest BCUT2D eigenvalue weighted by molar-refractivity contribution is 0.0714. The van der Waals surface area contributed by atoms with Crippen LogP contribution in [0.1, 0.15) is 33.3 Å². The van der Waals surface area contributed by atoms with Crippen LogP contribution in [-0.4, -0.2) is 22.7 Å². The molecule has 3 heterocycles. The van der Waals surface area contributed by atoms with Crippen molar-refractivity contribution < 1.29 is 23.8 Å². The maximum atomic E-state index is 13.5. The molecular weight excluding hydrogens is 410 g/mol. The van der Waals surface area contributed by atoms with Crippen molar-refractivity contribution in [2.24, 2.45) is 0 Å². The summed E-state index contributed by atoms with van der Waals surface area (Å²) < 4.78 is 16.8. The van der Waals surface area contributed by atoms with Gasteiger partial charge in [-0.3, -0.25) is 9.59 Å². The standard InChI is InChI=1S/C25H17NO6/c27-16-5-3-4-15(11-16)22-21-23(28)17-6-1-2-7-18(17)32-24(21)25(29)26(22)12-14-8-9-19-20(10-14)31-13-30-19/h1-11,22,27H,12-13H2. The minimum Gasteiger partial charge on any atom is -0.508 e. The fourth-order valence-electron chi connectivity index (χ4n) is 4.41. The van der Waals surface area contributed by atoms with Gasteiger partial charge in [-0.25, -0.2) is 0 Å². The minimum atomic E-state index is -0.698. The monoisotopic (exact) mass is 427 g/mol. The molecule has 2 aliphatic heterocycles. The maximum Gasteiger partial charge on any atom is 0.291 e. The molecule has 158 valence electrons. The number of benzene rings is 3. The highest BCUT2D eigenvalue weighted by molar-refractivity contribution is 5.99. The predicted octanol–water partition coefficient (Wildman–Crippen LogP) is 3.97. The molecule has 0 aliphatic carbocycles. The smallest absolute Gasteiger partial charge is 0.291 e. The van der Waals surface area contributed by atoms with Gasteiger partial charge in [0.15, 0.2) is 16.9 Å². The van der Waals surface area contributed by atoms with Crippen molar-refractivity contribution in [3.8, 4) is 17.2 Å². The highest BCUT2D eigenvalue weighted by atomic mass is 16.7. The number of carbonyl (C=O) groups excluding carboxylic acids is 1. The van der Waals surface area contributed by atoms with E-state index < -0.39 is 6.04 Å². The molecule has 32 heavy (non-hydrogen) atoms. The summed E-state index contributed by atoms with van der Waals surface area (Å²) in [6.45, 7) is 0.375. The van der Waals surface area contributed by atoms with Gasteiger partial charge in [-0.1, -0.05) is 30.3 Å². The number of phenols is 1. The lowest BCUT2D eigenvalue weighted by atomic mass is 9.98. The maximum absolute atomic E-state index is 13.5. The summed E-state index contributed by atoms with van der Waals surface area (Å²) >= 11 is 0. The predicted molar refractivity (Wildman–Crippen MR) is 115 cm³/mol. The second-order valence-electron chi connectivity index (χ2n) is 7.79. The zero-order valence-electron chi connectivity index (χ0n) is 16.8. The van der Waals surface area contributed by atoms with Crippen LogP contribution in [0.15, 0.2) is 75.9 Å². The van der Waals surface area contributed by atoms with Crippen LogP contribution in [-0.2, 0) is 6.54 Å². The van der Waals surface area contributed by atoms with E-state index in [1.54, 1.807) is 59.5 Å². The number of fused-ring (bicyclic) bond motifs is 3. The number of aromatic hydroxyl groups is 1. The van der Waals surface area contributed by atoms with Gasteiger partial charge in [0.05, 0.1) is 17.0 Å². The average Bonchev–Trinajstić information content (AvgIpc) is 3.37. The van der Waals surface area contributed by atoms with Crippen molar-refractivity contribution in [1.82, 2.24) is 4.90 Å². The SMILES string of the molecule is O=C1c2oc3ccccc3c(=O)c2C(c2cccc(O)c2)N1Cc1ccc2c(c1)OCO2. The molecular formula is C25H17NO6. The number of para-hydroxylation sites is 1. The number of carbonyl (C=O) groups is 1. The Kier molecular flexibility index (Phi) is 3.98. The molecule has 0 fully saturated rings. The number of rotatable bonds is 3. The molecule has 1 unspecified atom stereocenters. The number of hydrogen-bond donors (Lipinski definition) is 1. The normalized spacial score (nSPS) is 16.6. The van der Waals surface area contributed by atoms with Crippen LogP contribution in [0.2, 0.25) is 0 Å². The fraction of sp³-hybridized carbons (Fsp3) is 0.120. The Morgan fingerprint density at radius 2 is 1.78 bits per heavy atom. The molecule has 1 aromatic heterocycles. The summed E-state index contributed by atoms with van der Waals surface area (Å²) in [5.41, 5.74) is 1.83. The van der Waals surface area contributed by atoms with Gasteiger partial charge in [-0.2, -0.15) is 0 Å². The Hall–Kier alpha value is -4.26. The molecule has 0 spiro atoms. The van der Waals surface area contributed by atoms with Gasteiger partial charge in [-0.15, -0.1) is 0 Å². The van der Waals surface area contributed by atoms with Crippen molar-refractivity contribution in [2.45, 2.75) is 12.6 Å². The molecule has 1 atom stereocenters. The van der Waals surface area contributed by atoms with Crippen LogP contribution in [0.3, 0.4) is 0 Å². The molecule has 0 bridgehead atoms. The molecule has 0 radical (unpaired) electrons. The van der Waals surface area contributed by atoms with Gasteiger partial charge < -0.3 is 23.9 Å². The van der Waals surface area contributed by atoms with Crippen LogP contribution in [0.25, 0.3) is 11.0 Å². The first-order valence-corrected chi connectivity index (χ1v) is 10.1. The molecule has 2 aliphatic rings. The van der Waals surface area contributed by atoms with Crippen molar-refractivity contribution in [1.29, 1.82) is 0 Å². The number of ether oxygens (including phenoxy) is 2. The van der Waals surface area contributed by atoms with E-state index in [1.165, 1.54) is 0 Å². The Bertz CT molecular complexity index is 1460. The lowest BCUT2D eigenvalue weighted by Crippen LogP contribution is -2.29. The highest BCUT2D eigenvalue weighted by Gasteiger charge is 2.42. The molecule has 1 N–H and O–H groups in total. The van der Waals surface area contributed by atoms with Crippen LogP contribution < -0.4 is 14.9 Å². The van der Waals surface area contributed by atoms with E-state index >= 15 is 0 Å². The summed E-state index contributed by atoms with van der Waals surface area (Å²) in [4.78, 5) is 28.5. The largest absolute Gasteiger partial charge is 0.508 e. The molecule has 0 saturated heterocycles. The number of nitrogens with zero attached hydrogens (tertiary/aromatic N) is 1. The van der Waals surface area contributed by atoms with Crippen molar-refractivity contribution in [2.75, 3.05) is 6.79 Å². The van der Waals surface area contributed by atoms with E-state index in [0.717, 1.165) is 5.56 Å². The van der Waals surface area contributed by atoms with Crippen molar-refractivity contribution >= 4 is 16.9 Å².